The Balaban J connectivity index is 2.48. The van der Waals surface area contributed by atoms with Gasteiger partial charge in [0.1, 0.15) is 12.6 Å². The molecular weight excluding hydrogens is 264 g/mol. The van der Waals surface area contributed by atoms with Crippen molar-refractivity contribution < 1.29 is 24.5 Å². The molecule has 0 unspecified atom stereocenters. The quantitative estimate of drug-likeness (QED) is 0.453. The van der Waals surface area contributed by atoms with Crippen molar-refractivity contribution in [3.05, 3.63) is 35.9 Å². The average molecular weight is 282 g/mol. The standard InChI is InChI=1S/C13H18N2O5/c14-10(6-16)12(18)15-11(7-17)13(19)20-8-9-4-2-1-3-5-9/h1-5,10-11,16-17H,6-8,14H2,(H,15,18)/t10-,11-/m0/s1. The zero-order valence-electron chi connectivity index (χ0n) is 10.9. The van der Waals surface area contributed by atoms with Gasteiger partial charge in [-0.3, -0.25) is 4.79 Å². The van der Waals surface area contributed by atoms with E-state index in [1.807, 2.05) is 6.07 Å². The molecule has 0 radical (unpaired) electrons. The number of rotatable bonds is 7. The summed E-state index contributed by atoms with van der Waals surface area (Å²) in [5.41, 5.74) is 6.08. The molecule has 1 rings (SSSR count). The Morgan fingerprint density at radius 1 is 1.20 bits per heavy atom. The predicted molar refractivity (Wildman–Crippen MR) is 70.3 cm³/mol. The summed E-state index contributed by atoms with van der Waals surface area (Å²) in [5, 5.41) is 20.0. The number of esters is 1. The molecular formula is C13H18N2O5. The number of hydrogen-bond donors (Lipinski definition) is 4. The molecule has 0 heterocycles. The highest BCUT2D eigenvalue weighted by atomic mass is 16.5. The van der Waals surface area contributed by atoms with Gasteiger partial charge in [-0.15, -0.1) is 0 Å². The van der Waals surface area contributed by atoms with Crippen LogP contribution in [0.25, 0.3) is 0 Å². The van der Waals surface area contributed by atoms with E-state index < -0.39 is 37.2 Å². The van der Waals surface area contributed by atoms with E-state index in [0.717, 1.165) is 5.56 Å². The number of ether oxygens (including phenoxy) is 1. The average Bonchev–Trinajstić information content (AvgIpc) is 2.50. The van der Waals surface area contributed by atoms with E-state index in [0.29, 0.717) is 0 Å². The fourth-order valence-electron chi connectivity index (χ4n) is 1.37. The van der Waals surface area contributed by atoms with Crippen LogP contribution in [0.3, 0.4) is 0 Å². The van der Waals surface area contributed by atoms with E-state index in [9.17, 15) is 9.59 Å². The number of amides is 1. The summed E-state index contributed by atoms with van der Waals surface area (Å²) in [6.07, 6.45) is 0. The molecule has 0 spiro atoms. The van der Waals surface area contributed by atoms with Crippen LogP contribution in [0.4, 0.5) is 0 Å². The van der Waals surface area contributed by atoms with E-state index in [2.05, 4.69) is 5.32 Å². The van der Waals surface area contributed by atoms with E-state index in [1.54, 1.807) is 24.3 Å². The Bertz CT molecular complexity index is 438. The van der Waals surface area contributed by atoms with E-state index in [4.69, 9.17) is 20.7 Å². The summed E-state index contributed by atoms with van der Waals surface area (Å²) in [4.78, 5) is 23.1. The lowest BCUT2D eigenvalue weighted by molar-refractivity contribution is -0.150. The van der Waals surface area contributed by atoms with E-state index in [1.165, 1.54) is 0 Å². The molecule has 0 aliphatic carbocycles. The summed E-state index contributed by atoms with van der Waals surface area (Å²) >= 11 is 0. The highest BCUT2D eigenvalue weighted by Crippen LogP contribution is 2.02. The Morgan fingerprint density at radius 3 is 2.40 bits per heavy atom. The monoisotopic (exact) mass is 282 g/mol. The second kappa shape index (κ2) is 8.26. The molecule has 7 heteroatoms. The number of nitrogens with two attached hydrogens (primary N) is 1. The molecule has 0 aromatic heterocycles. The summed E-state index contributed by atoms with van der Waals surface area (Å²) < 4.78 is 4.98. The van der Waals surface area contributed by atoms with Gasteiger partial charge in [-0.1, -0.05) is 30.3 Å². The molecule has 110 valence electrons. The van der Waals surface area contributed by atoms with E-state index in [-0.39, 0.29) is 6.61 Å². The first-order chi connectivity index (χ1) is 9.58. The zero-order chi connectivity index (χ0) is 15.0. The molecule has 20 heavy (non-hydrogen) atoms. The van der Waals surface area contributed by atoms with Gasteiger partial charge in [0, 0.05) is 0 Å². The fourth-order valence-corrected chi connectivity index (χ4v) is 1.37. The Labute approximate surface area is 116 Å². The maximum atomic E-state index is 11.7. The molecule has 7 nitrogen and oxygen atoms in total. The molecule has 5 N–H and O–H groups in total. The topological polar surface area (TPSA) is 122 Å². The third-order valence-corrected chi connectivity index (χ3v) is 2.54. The van der Waals surface area contributed by atoms with Crippen molar-refractivity contribution in [2.75, 3.05) is 13.2 Å². The Kier molecular flexibility index (Phi) is 6.65. The van der Waals surface area contributed by atoms with Gasteiger partial charge in [-0.05, 0) is 5.56 Å². The second-order valence-corrected chi connectivity index (χ2v) is 4.13. The number of aliphatic hydroxyl groups excluding tert-OH is 2. The van der Waals surface area contributed by atoms with Crippen LogP contribution in [0.5, 0.6) is 0 Å². The minimum atomic E-state index is -1.20. The van der Waals surface area contributed by atoms with Gasteiger partial charge >= 0.3 is 5.97 Å². The molecule has 1 amide bonds. The number of hydrogen-bond acceptors (Lipinski definition) is 6. The van der Waals surface area contributed by atoms with Crippen molar-refractivity contribution in [3.63, 3.8) is 0 Å². The van der Waals surface area contributed by atoms with Crippen molar-refractivity contribution in [2.45, 2.75) is 18.7 Å². The first kappa shape index (κ1) is 16.1. The Hall–Kier alpha value is -1.96. The molecule has 0 aliphatic rings. The minimum Gasteiger partial charge on any atom is -0.459 e. The van der Waals surface area contributed by atoms with Crippen molar-refractivity contribution in [2.24, 2.45) is 5.73 Å². The molecule has 0 saturated carbocycles. The van der Waals surface area contributed by atoms with E-state index >= 15 is 0 Å². The molecule has 0 bridgehead atoms. The largest absolute Gasteiger partial charge is 0.459 e. The summed E-state index contributed by atoms with van der Waals surface area (Å²) in [5.74, 6) is -1.50. The molecule has 0 aliphatic heterocycles. The number of aliphatic hydroxyl groups is 2. The van der Waals surface area contributed by atoms with Crippen LogP contribution in [0.2, 0.25) is 0 Å². The van der Waals surface area contributed by atoms with Crippen LogP contribution in [0.1, 0.15) is 5.56 Å². The summed E-state index contributed by atoms with van der Waals surface area (Å²) in [6.45, 7) is -1.13. The van der Waals surface area contributed by atoms with Gasteiger partial charge in [0.2, 0.25) is 5.91 Å². The van der Waals surface area contributed by atoms with Crippen molar-refractivity contribution in [1.82, 2.24) is 5.32 Å². The molecule has 1 aromatic carbocycles. The number of benzene rings is 1. The van der Waals surface area contributed by atoms with Crippen molar-refractivity contribution in [3.8, 4) is 0 Å². The van der Waals surface area contributed by atoms with Gasteiger partial charge in [0.05, 0.1) is 13.2 Å². The molecule has 2 atom stereocenters. The summed E-state index contributed by atoms with van der Waals surface area (Å²) in [7, 11) is 0. The minimum absolute atomic E-state index is 0.0398. The lowest BCUT2D eigenvalue weighted by Gasteiger charge is -2.17. The third kappa shape index (κ3) is 4.96. The number of nitrogens with one attached hydrogen (secondary N) is 1. The normalized spacial score (nSPS) is 13.3. The SMILES string of the molecule is N[C@@H](CO)C(=O)N[C@@H](CO)C(=O)OCc1ccccc1. The van der Waals surface area contributed by atoms with Gasteiger partial charge in [0.25, 0.3) is 0 Å². The maximum Gasteiger partial charge on any atom is 0.331 e. The van der Waals surface area contributed by atoms with Crippen LogP contribution >= 0.6 is 0 Å². The Morgan fingerprint density at radius 2 is 1.85 bits per heavy atom. The van der Waals surface area contributed by atoms with Crippen LogP contribution in [-0.4, -0.2) is 47.4 Å². The van der Waals surface area contributed by atoms with Crippen LogP contribution in [0, 0.1) is 0 Å². The van der Waals surface area contributed by atoms with Crippen molar-refractivity contribution >= 4 is 11.9 Å². The van der Waals surface area contributed by atoms with Gasteiger partial charge in [-0.25, -0.2) is 4.79 Å². The first-order valence-electron chi connectivity index (χ1n) is 6.06. The summed E-state index contributed by atoms with van der Waals surface area (Å²) in [6, 6.07) is 6.64. The maximum absolute atomic E-state index is 11.7. The van der Waals surface area contributed by atoms with Gasteiger partial charge < -0.3 is 26.0 Å². The van der Waals surface area contributed by atoms with Crippen LogP contribution in [-0.2, 0) is 20.9 Å². The smallest absolute Gasteiger partial charge is 0.331 e. The molecule has 0 saturated heterocycles. The molecule has 1 aromatic rings. The number of carbonyl (C=O) groups excluding carboxylic acids is 2. The first-order valence-corrected chi connectivity index (χ1v) is 6.06. The highest BCUT2D eigenvalue weighted by Gasteiger charge is 2.24. The second-order valence-electron chi connectivity index (χ2n) is 4.13. The number of carbonyl (C=O) groups is 2. The zero-order valence-corrected chi connectivity index (χ0v) is 10.9. The molecule has 0 fully saturated rings. The van der Waals surface area contributed by atoms with Crippen molar-refractivity contribution in [1.29, 1.82) is 0 Å². The highest BCUT2D eigenvalue weighted by molar-refractivity contribution is 5.87. The predicted octanol–water partition coefficient (Wildman–Crippen LogP) is -1.47. The fraction of sp³-hybridized carbons (Fsp3) is 0.385. The lowest BCUT2D eigenvalue weighted by Crippen LogP contribution is -2.51. The van der Waals surface area contributed by atoms with Crippen LogP contribution < -0.4 is 11.1 Å². The van der Waals surface area contributed by atoms with Gasteiger partial charge in [-0.2, -0.15) is 0 Å². The third-order valence-electron chi connectivity index (χ3n) is 2.54. The van der Waals surface area contributed by atoms with Crippen LogP contribution in [0.15, 0.2) is 30.3 Å². The van der Waals surface area contributed by atoms with Gasteiger partial charge in [0.15, 0.2) is 6.04 Å². The lowest BCUT2D eigenvalue weighted by atomic mass is 10.2.